The first-order valence-electron chi connectivity index (χ1n) is 1.50. The van der Waals surface area contributed by atoms with Crippen molar-refractivity contribution >= 4 is 16.6 Å². The minimum Gasteiger partial charge on any atom is -0.438 e. The zero-order valence-electron chi connectivity index (χ0n) is 3.70. The van der Waals surface area contributed by atoms with Crippen molar-refractivity contribution in [2.24, 2.45) is 0 Å². The minimum absolute atomic E-state index is 0.835. The molecule has 0 spiro atoms. The van der Waals surface area contributed by atoms with Gasteiger partial charge >= 0.3 is 16.6 Å². The maximum Gasteiger partial charge on any atom is 0.418 e. The Morgan fingerprint density at radius 1 is 1.62 bits per heavy atom. The molecule has 8 heavy (non-hydrogen) atoms. The molecule has 0 saturated carbocycles. The Morgan fingerprint density at radius 2 is 2.12 bits per heavy atom. The van der Waals surface area contributed by atoms with Crippen molar-refractivity contribution in [3.05, 3.63) is 0 Å². The molecule has 0 aromatic rings. The normalized spacial score (nSPS) is 10.6. The first-order valence-corrected chi connectivity index (χ1v) is 3.11. The minimum atomic E-state index is -4.17. The van der Waals surface area contributed by atoms with E-state index in [1.807, 2.05) is 0 Å². The van der Waals surface area contributed by atoms with Gasteiger partial charge in [-0.05, 0) is 0 Å². The van der Waals surface area contributed by atoms with E-state index in [4.69, 9.17) is 9.35 Å². The van der Waals surface area contributed by atoms with E-state index < -0.39 is 16.1 Å². The maximum absolute atomic E-state index is 9.64. The number of rotatable bonds is 3. The number of hydrogen-bond acceptors (Lipinski definition) is 4. The van der Waals surface area contributed by atoms with Gasteiger partial charge < -0.3 is 4.74 Å². The third-order valence-electron chi connectivity index (χ3n) is 0.267. The van der Waals surface area contributed by atoms with Gasteiger partial charge in [0.05, 0.1) is 0 Å². The lowest BCUT2D eigenvalue weighted by Crippen LogP contribution is -2.06. The molecule has 0 atom stereocenters. The van der Waals surface area contributed by atoms with E-state index in [2.05, 4.69) is 4.74 Å². The van der Waals surface area contributed by atoms with Crippen LogP contribution in [-0.2, 0) is 19.6 Å². The topological polar surface area (TPSA) is 80.7 Å². The van der Waals surface area contributed by atoms with Gasteiger partial charge in [0, 0.05) is 0 Å². The van der Waals surface area contributed by atoms with Crippen molar-refractivity contribution in [1.82, 2.24) is 0 Å². The van der Waals surface area contributed by atoms with Crippen LogP contribution in [0, 0.1) is 0 Å². The second kappa shape index (κ2) is 2.63. The quantitative estimate of drug-likeness (QED) is 0.503. The summed E-state index contributed by atoms with van der Waals surface area (Å²) in [7, 11) is -4.17. The highest BCUT2D eigenvalue weighted by atomic mass is 32.2. The largest absolute Gasteiger partial charge is 0.438 e. The van der Waals surface area contributed by atoms with Crippen LogP contribution < -0.4 is 0 Å². The van der Waals surface area contributed by atoms with Gasteiger partial charge in [0.15, 0.2) is 0 Å². The summed E-state index contributed by atoms with van der Waals surface area (Å²) in [5, 5.41) is 0. The van der Waals surface area contributed by atoms with E-state index in [9.17, 15) is 8.42 Å². The molecular weight excluding hydrogens is 136 g/mol. The summed E-state index contributed by atoms with van der Waals surface area (Å²) in [6.07, 6.45) is 0. The lowest BCUT2D eigenvalue weighted by atomic mass is 11.5. The van der Waals surface area contributed by atoms with Crippen LogP contribution in [0.15, 0.2) is 0 Å². The molecule has 0 fully saturated rings. The zero-order chi connectivity index (χ0) is 6.62. The van der Waals surface area contributed by atoms with Crippen LogP contribution in [-0.4, -0.2) is 25.4 Å². The lowest BCUT2D eigenvalue weighted by Gasteiger charge is -1.88. The fourth-order valence-electron chi connectivity index (χ4n) is 0.0985. The molecule has 0 rings (SSSR count). The summed E-state index contributed by atoms with van der Waals surface area (Å²) in [4.78, 5) is 9.13. The third kappa shape index (κ3) is 5.38. The fourth-order valence-corrected chi connectivity index (χ4v) is 0.296. The van der Waals surface area contributed by atoms with Crippen molar-refractivity contribution in [1.29, 1.82) is 0 Å². The molecule has 1 N–H and O–H groups in total. The fraction of sp³-hybridized carbons (Fsp3) is 0.500. The average molecular weight is 139 g/mol. The summed E-state index contributed by atoms with van der Waals surface area (Å²) in [5.41, 5.74) is 0. The van der Waals surface area contributed by atoms with Crippen molar-refractivity contribution in [3.63, 3.8) is 0 Å². The number of ether oxygens (including phenoxy) is 1. The maximum atomic E-state index is 9.64. The first kappa shape index (κ1) is 7.38. The Hall–Kier alpha value is -0.620. The van der Waals surface area contributed by atoms with Crippen molar-refractivity contribution in [2.75, 3.05) is 5.94 Å². The van der Waals surface area contributed by atoms with E-state index in [1.54, 1.807) is 0 Å². The van der Waals surface area contributed by atoms with Crippen LogP contribution in [0.2, 0.25) is 0 Å². The summed E-state index contributed by atoms with van der Waals surface area (Å²) in [6, 6.07) is 0. The summed E-state index contributed by atoms with van der Waals surface area (Å²) in [5.74, 6) is -1.03. The zero-order valence-corrected chi connectivity index (χ0v) is 4.51. The third-order valence-corrected chi connectivity index (χ3v) is 0.682. The van der Waals surface area contributed by atoms with Crippen molar-refractivity contribution in [3.8, 4) is 0 Å². The Bertz CT molecular complexity index is 155. The molecule has 0 amide bonds. The second-order valence-electron chi connectivity index (χ2n) is 0.927. The molecule has 0 aliphatic rings. The van der Waals surface area contributed by atoms with E-state index in [1.165, 1.54) is 0 Å². The molecule has 0 aromatic heterocycles. The lowest BCUT2D eigenvalue weighted by molar-refractivity contribution is 0.312. The van der Waals surface area contributed by atoms with Crippen LogP contribution in [0.3, 0.4) is 0 Å². The van der Waals surface area contributed by atoms with Crippen LogP contribution in [0.25, 0.3) is 0 Å². The highest BCUT2D eigenvalue weighted by Crippen LogP contribution is 1.78. The Morgan fingerprint density at radius 3 is 2.25 bits per heavy atom. The van der Waals surface area contributed by atoms with Crippen molar-refractivity contribution in [2.45, 2.75) is 0 Å². The van der Waals surface area contributed by atoms with Crippen LogP contribution in [0.4, 0.5) is 0 Å². The molecular formula is C2H3O5S. The van der Waals surface area contributed by atoms with E-state index >= 15 is 0 Å². The monoisotopic (exact) mass is 139 g/mol. The predicted octanol–water partition coefficient (Wildman–Crippen LogP) is -1.08. The Kier molecular flexibility index (Phi) is 2.43. The molecule has 6 heteroatoms. The van der Waals surface area contributed by atoms with Crippen LogP contribution in [0.1, 0.15) is 0 Å². The van der Waals surface area contributed by atoms with Gasteiger partial charge in [-0.25, -0.2) is 4.79 Å². The van der Waals surface area contributed by atoms with Crippen molar-refractivity contribution < 1.29 is 22.5 Å². The van der Waals surface area contributed by atoms with Gasteiger partial charge in [0.2, 0.25) is 5.94 Å². The first-order chi connectivity index (χ1) is 3.56. The molecule has 0 aliphatic carbocycles. The smallest absolute Gasteiger partial charge is 0.418 e. The molecule has 47 valence electrons. The van der Waals surface area contributed by atoms with E-state index in [0.29, 0.717) is 0 Å². The molecule has 1 radical (unpaired) electrons. The molecule has 0 heterocycles. The summed E-state index contributed by atoms with van der Waals surface area (Å²) >= 11 is 0. The standard InChI is InChI=1S/C2H3O5S/c3-1-7-2-8(4,5)6/h2H2,(H,4,5,6). The van der Waals surface area contributed by atoms with Gasteiger partial charge in [-0.15, -0.1) is 0 Å². The highest BCUT2D eigenvalue weighted by Gasteiger charge is 2.02. The van der Waals surface area contributed by atoms with Crippen LogP contribution >= 0.6 is 0 Å². The SMILES string of the molecule is O=[C]OCS(=O)(=O)O. The average Bonchev–Trinajstić information content (AvgIpc) is 1.59. The van der Waals surface area contributed by atoms with Gasteiger partial charge in [0.25, 0.3) is 0 Å². The van der Waals surface area contributed by atoms with E-state index in [0.717, 1.165) is 6.47 Å². The van der Waals surface area contributed by atoms with Gasteiger partial charge in [-0.1, -0.05) is 0 Å². The van der Waals surface area contributed by atoms with Gasteiger partial charge in [0.1, 0.15) is 0 Å². The molecule has 5 nitrogen and oxygen atoms in total. The van der Waals surface area contributed by atoms with Gasteiger partial charge in [-0.2, -0.15) is 8.42 Å². The number of hydrogen-bond donors (Lipinski definition) is 1. The highest BCUT2D eigenvalue weighted by molar-refractivity contribution is 7.85. The molecule has 0 saturated heterocycles. The molecule has 0 unspecified atom stereocenters. The molecule has 0 aromatic carbocycles. The summed E-state index contributed by atoms with van der Waals surface area (Å²) in [6.45, 7) is 0.835. The van der Waals surface area contributed by atoms with E-state index in [-0.39, 0.29) is 0 Å². The predicted molar refractivity (Wildman–Crippen MR) is 23.2 cm³/mol. The number of carbonyl (C=O) groups excluding carboxylic acids is 1. The second-order valence-corrected chi connectivity index (χ2v) is 2.33. The van der Waals surface area contributed by atoms with Gasteiger partial charge in [-0.3, -0.25) is 4.55 Å². The Balaban J connectivity index is 3.57. The Labute approximate surface area is 46.0 Å². The van der Waals surface area contributed by atoms with Crippen LogP contribution in [0.5, 0.6) is 0 Å². The molecule has 0 bridgehead atoms. The summed E-state index contributed by atoms with van der Waals surface area (Å²) < 4.78 is 30.7. The molecule has 0 aliphatic heterocycles.